The summed E-state index contributed by atoms with van der Waals surface area (Å²) >= 11 is 3.16. The van der Waals surface area contributed by atoms with Crippen LogP contribution >= 0.6 is 15.9 Å². The topological polar surface area (TPSA) is 0 Å². The van der Waals surface area contributed by atoms with Gasteiger partial charge in [0.2, 0.25) is 0 Å². The fourth-order valence-corrected chi connectivity index (χ4v) is 1.87. The Balaban J connectivity index is 2.28. The minimum atomic E-state index is -0.152. The summed E-state index contributed by atoms with van der Waals surface area (Å²) in [5.74, 6) is -0.152. The van der Waals surface area contributed by atoms with Gasteiger partial charge in [-0.1, -0.05) is 38.7 Å². The molecule has 2 heteroatoms. The minimum absolute atomic E-state index is 0.152. The summed E-state index contributed by atoms with van der Waals surface area (Å²) in [4.78, 5) is 0. The predicted octanol–water partition coefficient (Wildman–Crippen LogP) is 5.10. The zero-order chi connectivity index (χ0) is 11.1. The van der Waals surface area contributed by atoms with Crippen molar-refractivity contribution >= 4 is 15.9 Å². The Kier molecular flexibility index (Phi) is 5.92. The monoisotopic (exact) mass is 272 g/mol. The van der Waals surface area contributed by atoms with Gasteiger partial charge >= 0.3 is 0 Å². The molecule has 15 heavy (non-hydrogen) atoms. The molecule has 1 aromatic carbocycles. The summed E-state index contributed by atoms with van der Waals surface area (Å²) in [7, 11) is 0. The lowest BCUT2D eigenvalue weighted by Gasteiger charge is -2.02. The predicted molar refractivity (Wildman–Crippen MR) is 66.6 cm³/mol. The third-order valence-electron chi connectivity index (χ3n) is 2.55. The first-order valence-electron chi connectivity index (χ1n) is 5.68. The SMILES string of the molecule is CCCCCCCc1ccc(Br)c(F)c1. The zero-order valence-electron chi connectivity index (χ0n) is 9.23. The van der Waals surface area contributed by atoms with Crippen molar-refractivity contribution in [1.82, 2.24) is 0 Å². The number of halogens is 2. The van der Waals surface area contributed by atoms with Crippen molar-refractivity contribution in [2.75, 3.05) is 0 Å². The molecular formula is C13H18BrF. The van der Waals surface area contributed by atoms with Gasteiger partial charge in [0.05, 0.1) is 4.47 Å². The zero-order valence-corrected chi connectivity index (χ0v) is 10.8. The number of benzene rings is 1. The van der Waals surface area contributed by atoms with Gasteiger partial charge in [-0.25, -0.2) is 4.39 Å². The summed E-state index contributed by atoms with van der Waals surface area (Å²) in [5, 5.41) is 0. The highest BCUT2D eigenvalue weighted by molar-refractivity contribution is 9.10. The molecule has 0 saturated heterocycles. The maximum absolute atomic E-state index is 13.2. The molecule has 1 rings (SSSR count). The van der Waals surface area contributed by atoms with Gasteiger partial charge in [0, 0.05) is 0 Å². The van der Waals surface area contributed by atoms with Gasteiger partial charge in [-0.05, 0) is 46.5 Å². The summed E-state index contributed by atoms with van der Waals surface area (Å²) < 4.78 is 13.7. The van der Waals surface area contributed by atoms with E-state index >= 15 is 0 Å². The second kappa shape index (κ2) is 7.00. The Morgan fingerprint density at radius 2 is 1.87 bits per heavy atom. The standard InChI is InChI=1S/C13H18BrF/c1-2-3-4-5-6-7-11-8-9-12(14)13(15)10-11/h8-10H,2-7H2,1H3. The Labute approximate surface area is 100 Å². The molecule has 0 atom stereocenters. The van der Waals surface area contributed by atoms with Crippen molar-refractivity contribution in [1.29, 1.82) is 0 Å². The van der Waals surface area contributed by atoms with E-state index in [1.165, 1.54) is 32.1 Å². The second-order valence-electron chi connectivity index (χ2n) is 3.91. The first kappa shape index (κ1) is 12.7. The van der Waals surface area contributed by atoms with Crippen LogP contribution in [-0.4, -0.2) is 0 Å². The molecule has 0 heterocycles. The number of hydrogen-bond donors (Lipinski definition) is 0. The Bertz CT molecular complexity index is 297. The summed E-state index contributed by atoms with van der Waals surface area (Å²) in [5.41, 5.74) is 1.10. The van der Waals surface area contributed by atoms with E-state index in [0.29, 0.717) is 4.47 Å². The third kappa shape index (κ3) is 4.78. The normalized spacial score (nSPS) is 10.6. The maximum Gasteiger partial charge on any atom is 0.137 e. The summed E-state index contributed by atoms with van der Waals surface area (Å²) in [6.07, 6.45) is 7.30. The van der Waals surface area contributed by atoms with Crippen molar-refractivity contribution in [3.8, 4) is 0 Å². The van der Waals surface area contributed by atoms with Gasteiger partial charge in [0.25, 0.3) is 0 Å². The van der Waals surface area contributed by atoms with Crippen LogP contribution in [-0.2, 0) is 6.42 Å². The van der Waals surface area contributed by atoms with E-state index in [4.69, 9.17) is 0 Å². The quantitative estimate of drug-likeness (QED) is 0.632. The molecule has 0 aliphatic rings. The van der Waals surface area contributed by atoms with Crippen LogP contribution in [0.1, 0.15) is 44.6 Å². The molecule has 84 valence electrons. The molecular weight excluding hydrogens is 255 g/mol. The van der Waals surface area contributed by atoms with E-state index in [1.54, 1.807) is 12.1 Å². The van der Waals surface area contributed by atoms with Gasteiger partial charge in [-0.3, -0.25) is 0 Å². The highest BCUT2D eigenvalue weighted by Gasteiger charge is 2.00. The van der Waals surface area contributed by atoms with Gasteiger partial charge in [0.1, 0.15) is 5.82 Å². The van der Waals surface area contributed by atoms with Crippen molar-refractivity contribution in [3.05, 3.63) is 34.1 Å². The molecule has 0 bridgehead atoms. The smallest absolute Gasteiger partial charge is 0.137 e. The molecule has 0 saturated carbocycles. The largest absolute Gasteiger partial charge is 0.206 e. The Morgan fingerprint density at radius 3 is 2.53 bits per heavy atom. The highest BCUT2D eigenvalue weighted by atomic mass is 79.9. The molecule has 0 spiro atoms. The second-order valence-corrected chi connectivity index (χ2v) is 4.77. The molecule has 0 aliphatic carbocycles. The molecule has 0 aromatic heterocycles. The van der Waals surface area contributed by atoms with Gasteiger partial charge < -0.3 is 0 Å². The number of hydrogen-bond acceptors (Lipinski definition) is 0. The molecule has 1 aromatic rings. The van der Waals surface area contributed by atoms with E-state index < -0.39 is 0 Å². The van der Waals surface area contributed by atoms with Crippen LogP contribution in [0, 0.1) is 5.82 Å². The number of rotatable bonds is 6. The average molecular weight is 273 g/mol. The fraction of sp³-hybridized carbons (Fsp3) is 0.538. The summed E-state index contributed by atoms with van der Waals surface area (Å²) in [6, 6.07) is 5.41. The molecule has 0 aliphatic heterocycles. The molecule has 0 fully saturated rings. The fourth-order valence-electron chi connectivity index (χ4n) is 1.63. The van der Waals surface area contributed by atoms with Crippen molar-refractivity contribution in [2.24, 2.45) is 0 Å². The molecule has 0 N–H and O–H groups in total. The number of aryl methyl sites for hydroxylation is 1. The first-order valence-corrected chi connectivity index (χ1v) is 6.47. The van der Waals surface area contributed by atoms with Crippen LogP contribution < -0.4 is 0 Å². The van der Waals surface area contributed by atoms with E-state index in [0.717, 1.165) is 12.0 Å². The van der Waals surface area contributed by atoms with Crippen LogP contribution in [0.2, 0.25) is 0 Å². The molecule has 0 amide bonds. The average Bonchev–Trinajstić information content (AvgIpc) is 2.23. The molecule has 0 radical (unpaired) electrons. The van der Waals surface area contributed by atoms with Crippen molar-refractivity contribution < 1.29 is 4.39 Å². The van der Waals surface area contributed by atoms with Crippen LogP contribution in [0.15, 0.2) is 22.7 Å². The van der Waals surface area contributed by atoms with E-state index in [2.05, 4.69) is 22.9 Å². The minimum Gasteiger partial charge on any atom is -0.206 e. The molecule has 0 unspecified atom stereocenters. The van der Waals surface area contributed by atoms with Crippen LogP contribution in [0.4, 0.5) is 4.39 Å². The van der Waals surface area contributed by atoms with Crippen molar-refractivity contribution in [2.45, 2.75) is 45.4 Å². The maximum atomic E-state index is 13.2. The van der Waals surface area contributed by atoms with Gasteiger partial charge in [-0.2, -0.15) is 0 Å². The Hall–Kier alpha value is -0.370. The Morgan fingerprint density at radius 1 is 1.13 bits per heavy atom. The van der Waals surface area contributed by atoms with E-state index in [9.17, 15) is 4.39 Å². The summed E-state index contributed by atoms with van der Waals surface area (Å²) in [6.45, 7) is 2.21. The van der Waals surface area contributed by atoms with Gasteiger partial charge in [-0.15, -0.1) is 0 Å². The van der Waals surface area contributed by atoms with E-state index in [1.807, 2.05) is 6.07 Å². The first-order chi connectivity index (χ1) is 7.24. The number of unbranched alkanes of at least 4 members (excludes halogenated alkanes) is 4. The molecule has 0 nitrogen and oxygen atoms in total. The van der Waals surface area contributed by atoms with Gasteiger partial charge in [0.15, 0.2) is 0 Å². The van der Waals surface area contributed by atoms with Crippen LogP contribution in [0.25, 0.3) is 0 Å². The van der Waals surface area contributed by atoms with Crippen molar-refractivity contribution in [3.63, 3.8) is 0 Å². The lowest BCUT2D eigenvalue weighted by molar-refractivity contribution is 0.611. The lowest BCUT2D eigenvalue weighted by Crippen LogP contribution is -1.88. The third-order valence-corrected chi connectivity index (χ3v) is 3.20. The lowest BCUT2D eigenvalue weighted by atomic mass is 10.1. The highest BCUT2D eigenvalue weighted by Crippen LogP contribution is 2.18. The van der Waals surface area contributed by atoms with Crippen LogP contribution in [0.5, 0.6) is 0 Å². The van der Waals surface area contributed by atoms with Crippen LogP contribution in [0.3, 0.4) is 0 Å². The van der Waals surface area contributed by atoms with E-state index in [-0.39, 0.29) is 5.82 Å².